The van der Waals surface area contributed by atoms with Gasteiger partial charge in [0.05, 0.1) is 12.6 Å². The van der Waals surface area contributed by atoms with Gasteiger partial charge in [-0.2, -0.15) is 0 Å². The molecule has 0 aliphatic carbocycles. The number of carbonyl (C=O) groups is 1. The maximum atomic E-state index is 12.4. The van der Waals surface area contributed by atoms with Crippen LogP contribution in [0.1, 0.15) is 25.3 Å². The molecule has 1 heterocycles. The number of aliphatic hydroxyl groups excluding tert-OH is 1. The third-order valence-corrected chi connectivity index (χ3v) is 3.79. The predicted octanol–water partition coefficient (Wildman–Crippen LogP) is 1.49. The average molecular weight is 276 g/mol. The van der Waals surface area contributed by atoms with Gasteiger partial charge in [0.15, 0.2) is 0 Å². The summed E-state index contributed by atoms with van der Waals surface area (Å²) in [6, 6.07) is 10.1. The first-order valence-corrected chi connectivity index (χ1v) is 7.41. The fraction of sp³-hybridized carbons (Fsp3) is 0.562. The van der Waals surface area contributed by atoms with Crippen LogP contribution in [-0.4, -0.2) is 53.1 Å². The molecule has 1 atom stereocenters. The van der Waals surface area contributed by atoms with Gasteiger partial charge < -0.3 is 10.0 Å². The van der Waals surface area contributed by atoms with Gasteiger partial charge in [0, 0.05) is 19.6 Å². The van der Waals surface area contributed by atoms with Crippen LogP contribution in [0, 0.1) is 0 Å². The summed E-state index contributed by atoms with van der Waals surface area (Å²) < 4.78 is 0. The Morgan fingerprint density at radius 1 is 1.40 bits per heavy atom. The smallest absolute Gasteiger partial charge is 0.237 e. The lowest BCUT2D eigenvalue weighted by Gasteiger charge is -2.31. The highest BCUT2D eigenvalue weighted by molar-refractivity contribution is 5.78. The Balaban J connectivity index is 1.88. The van der Waals surface area contributed by atoms with E-state index in [0.29, 0.717) is 26.2 Å². The van der Waals surface area contributed by atoms with Gasteiger partial charge in [-0.1, -0.05) is 30.3 Å². The Hall–Kier alpha value is -1.39. The van der Waals surface area contributed by atoms with E-state index in [9.17, 15) is 9.90 Å². The van der Waals surface area contributed by atoms with Crippen molar-refractivity contribution in [3.05, 3.63) is 35.9 Å². The molecule has 2 rings (SSSR count). The third-order valence-electron chi connectivity index (χ3n) is 3.79. The summed E-state index contributed by atoms with van der Waals surface area (Å²) in [5.74, 6) is 0.144. The third kappa shape index (κ3) is 4.32. The van der Waals surface area contributed by atoms with Gasteiger partial charge in [-0.25, -0.2) is 0 Å². The molecule has 1 fully saturated rings. The van der Waals surface area contributed by atoms with Crippen molar-refractivity contribution < 1.29 is 9.90 Å². The van der Waals surface area contributed by atoms with Gasteiger partial charge in [0.1, 0.15) is 0 Å². The van der Waals surface area contributed by atoms with Crippen molar-refractivity contribution in [3.63, 3.8) is 0 Å². The molecular formula is C16H24N2O2. The van der Waals surface area contributed by atoms with Crippen molar-refractivity contribution in [2.24, 2.45) is 0 Å². The van der Waals surface area contributed by atoms with Crippen molar-refractivity contribution in [2.75, 3.05) is 26.2 Å². The number of piperidine rings is 1. The van der Waals surface area contributed by atoms with Crippen LogP contribution in [0.2, 0.25) is 0 Å². The topological polar surface area (TPSA) is 43.8 Å². The number of amides is 1. The van der Waals surface area contributed by atoms with E-state index < -0.39 is 0 Å². The normalized spacial score (nSPS) is 19.8. The molecule has 1 saturated heterocycles. The van der Waals surface area contributed by atoms with Gasteiger partial charge in [0.25, 0.3) is 0 Å². The number of likely N-dealkylation sites (tertiary alicyclic amines) is 1. The van der Waals surface area contributed by atoms with Crippen molar-refractivity contribution >= 4 is 5.91 Å². The average Bonchev–Trinajstić information content (AvgIpc) is 2.45. The monoisotopic (exact) mass is 276 g/mol. The largest absolute Gasteiger partial charge is 0.392 e. The van der Waals surface area contributed by atoms with Crippen LogP contribution in [0.4, 0.5) is 0 Å². The van der Waals surface area contributed by atoms with Crippen LogP contribution < -0.4 is 0 Å². The lowest BCUT2D eigenvalue weighted by molar-refractivity contribution is -0.133. The minimum Gasteiger partial charge on any atom is -0.392 e. The van der Waals surface area contributed by atoms with E-state index in [1.165, 1.54) is 0 Å². The first-order valence-electron chi connectivity index (χ1n) is 7.41. The summed E-state index contributed by atoms with van der Waals surface area (Å²) in [4.78, 5) is 16.3. The molecule has 0 saturated carbocycles. The van der Waals surface area contributed by atoms with Gasteiger partial charge in [-0.05, 0) is 31.9 Å². The number of hydrogen-bond donors (Lipinski definition) is 1. The molecule has 0 spiro atoms. The Morgan fingerprint density at radius 2 is 2.15 bits per heavy atom. The number of likely N-dealkylation sites (N-methyl/N-ethyl adjacent to an activating group) is 1. The number of rotatable bonds is 5. The van der Waals surface area contributed by atoms with Crippen LogP contribution in [0.25, 0.3) is 0 Å². The zero-order chi connectivity index (χ0) is 14.4. The zero-order valence-corrected chi connectivity index (χ0v) is 12.2. The fourth-order valence-electron chi connectivity index (χ4n) is 2.65. The lowest BCUT2D eigenvalue weighted by atomic mass is 10.1. The van der Waals surface area contributed by atoms with Crippen molar-refractivity contribution in [2.45, 2.75) is 32.4 Å². The van der Waals surface area contributed by atoms with Gasteiger partial charge >= 0.3 is 0 Å². The molecule has 1 aromatic rings. The summed E-state index contributed by atoms with van der Waals surface area (Å²) in [5.41, 5.74) is 1.15. The standard InChI is InChI=1S/C16H24N2O2/c1-2-18(11-14-7-4-3-5-8-14)16(20)13-17-10-6-9-15(19)12-17/h3-5,7-8,15,19H,2,6,9-13H2,1H3. The second kappa shape index (κ2) is 7.41. The zero-order valence-electron chi connectivity index (χ0n) is 12.2. The SMILES string of the molecule is CCN(Cc1ccccc1)C(=O)CN1CCCC(O)C1. The molecule has 1 unspecified atom stereocenters. The number of carbonyl (C=O) groups excluding carboxylic acids is 1. The number of benzene rings is 1. The van der Waals surface area contributed by atoms with Gasteiger partial charge in [-0.15, -0.1) is 0 Å². The maximum Gasteiger partial charge on any atom is 0.237 e. The molecule has 1 N–H and O–H groups in total. The predicted molar refractivity (Wildman–Crippen MR) is 79.2 cm³/mol. The van der Waals surface area contributed by atoms with Crippen LogP contribution in [0.15, 0.2) is 30.3 Å². The van der Waals surface area contributed by atoms with Crippen LogP contribution in [-0.2, 0) is 11.3 Å². The summed E-state index contributed by atoms with van der Waals surface area (Å²) in [5, 5.41) is 9.66. The fourth-order valence-corrected chi connectivity index (χ4v) is 2.65. The summed E-state index contributed by atoms with van der Waals surface area (Å²) in [7, 11) is 0. The molecule has 0 aromatic heterocycles. The van der Waals surface area contributed by atoms with Crippen molar-refractivity contribution in [3.8, 4) is 0 Å². The number of β-amino-alcohol motifs (C(OH)–C–C–N with tert-alkyl or cyclic N) is 1. The van der Waals surface area contributed by atoms with Gasteiger partial charge in [0.2, 0.25) is 5.91 Å². The number of hydrogen-bond acceptors (Lipinski definition) is 3. The van der Waals surface area contributed by atoms with E-state index in [2.05, 4.69) is 4.90 Å². The molecule has 20 heavy (non-hydrogen) atoms. The maximum absolute atomic E-state index is 12.4. The number of aliphatic hydroxyl groups is 1. The Kier molecular flexibility index (Phi) is 5.56. The van der Waals surface area contributed by atoms with E-state index in [1.54, 1.807) is 0 Å². The second-order valence-corrected chi connectivity index (χ2v) is 5.42. The lowest BCUT2D eigenvalue weighted by Crippen LogP contribution is -2.45. The van der Waals surface area contributed by atoms with Gasteiger partial charge in [-0.3, -0.25) is 9.69 Å². The second-order valence-electron chi connectivity index (χ2n) is 5.42. The minimum absolute atomic E-state index is 0.144. The van der Waals surface area contributed by atoms with Crippen molar-refractivity contribution in [1.29, 1.82) is 0 Å². The summed E-state index contributed by atoms with van der Waals surface area (Å²) in [6.45, 7) is 5.32. The van der Waals surface area contributed by atoms with E-state index in [1.807, 2.05) is 42.2 Å². The highest BCUT2D eigenvalue weighted by Gasteiger charge is 2.21. The summed E-state index contributed by atoms with van der Waals surface area (Å²) in [6.07, 6.45) is 1.55. The van der Waals surface area contributed by atoms with E-state index in [4.69, 9.17) is 0 Å². The molecule has 0 bridgehead atoms. The molecule has 1 aromatic carbocycles. The highest BCUT2D eigenvalue weighted by atomic mass is 16.3. The van der Waals surface area contributed by atoms with E-state index in [0.717, 1.165) is 24.9 Å². The molecule has 1 aliphatic heterocycles. The minimum atomic E-state index is -0.277. The van der Waals surface area contributed by atoms with E-state index >= 15 is 0 Å². The highest BCUT2D eigenvalue weighted by Crippen LogP contribution is 2.11. The quantitative estimate of drug-likeness (QED) is 0.886. The van der Waals surface area contributed by atoms with Crippen LogP contribution >= 0.6 is 0 Å². The molecule has 4 heteroatoms. The van der Waals surface area contributed by atoms with E-state index in [-0.39, 0.29) is 12.0 Å². The Labute approximate surface area is 121 Å². The molecule has 4 nitrogen and oxygen atoms in total. The Morgan fingerprint density at radius 3 is 2.80 bits per heavy atom. The molecular weight excluding hydrogens is 252 g/mol. The Bertz CT molecular complexity index is 422. The molecule has 0 radical (unpaired) electrons. The first kappa shape index (κ1) is 15.0. The van der Waals surface area contributed by atoms with Crippen molar-refractivity contribution in [1.82, 2.24) is 9.80 Å². The van der Waals surface area contributed by atoms with Crippen LogP contribution in [0.3, 0.4) is 0 Å². The van der Waals surface area contributed by atoms with Crippen LogP contribution in [0.5, 0.6) is 0 Å². The summed E-state index contributed by atoms with van der Waals surface area (Å²) >= 11 is 0. The molecule has 1 amide bonds. The number of nitrogens with zero attached hydrogens (tertiary/aromatic N) is 2. The molecule has 1 aliphatic rings. The molecule has 110 valence electrons. The first-order chi connectivity index (χ1) is 9.69.